The molecule has 2 heterocycles. The molecular formula is C10H18N2. The zero-order chi connectivity index (χ0) is 7.97. The summed E-state index contributed by atoms with van der Waals surface area (Å²) >= 11 is 0. The van der Waals surface area contributed by atoms with Gasteiger partial charge in [-0.3, -0.25) is 9.80 Å². The van der Waals surface area contributed by atoms with Gasteiger partial charge in [0, 0.05) is 38.3 Å². The Labute approximate surface area is 74.5 Å². The van der Waals surface area contributed by atoms with E-state index in [0.717, 1.165) is 12.1 Å². The second-order valence-electron chi connectivity index (χ2n) is 4.53. The van der Waals surface area contributed by atoms with E-state index >= 15 is 0 Å². The van der Waals surface area contributed by atoms with Gasteiger partial charge >= 0.3 is 0 Å². The summed E-state index contributed by atoms with van der Waals surface area (Å²) in [5.74, 6) is 0. The number of hydrogen-bond acceptors (Lipinski definition) is 2. The first-order valence-corrected chi connectivity index (χ1v) is 5.41. The molecule has 68 valence electrons. The molecule has 1 aliphatic carbocycles. The second-order valence-corrected chi connectivity index (χ2v) is 4.53. The lowest BCUT2D eigenvalue weighted by Crippen LogP contribution is -2.31. The van der Waals surface area contributed by atoms with Gasteiger partial charge in [0.1, 0.15) is 0 Å². The smallest absolute Gasteiger partial charge is 0.0113 e. The molecule has 0 spiro atoms. The van der Waals surface area contributed by atoms with Gasteiger partial charge in [-0.2, -0.15) is 0 Å². The third-order valence-electron chi connectivity index (χ3n) is 3.66. The van der Waals surface area contributed by atoms with Gasteiger partial charge in [-0.05, 0) is 25.7 Å². The van der Waals surface area contributed by atoms with Crippen LogP contribution in [-0.4, -0.2) is 48.1 Å². The van der Waals surface area contributed by atoms with Gasteiger partial charge < -0.3 is 0 Å². The van der Waals surface area contributed by atoms with E-state index in [1.165, 1.54) is 51.9 Å². The molecule has 0 aromatic heterocycles. The molecule has 0 unspecified atom stereocenters. The van der Waals surface area contributed by atoms with Gasteiger partial charge in [0.05, 0.1) is 0 Å². The largest absolute Gasteiger partial charge is 0.298 e. The van der Waals surface area contributed by atoms with Crippen molar-refractivity contribution in [2.24, 2.45) is 0 Å². The lowest BCUT2D eigenvalue weighted by atomic mass is 9.91. The number of hydrogen-bond donors (Lipinski definition) is 0. The summed E-state index contributed by atoms with van der Waals surface area (Å²) in [6, 6.07) is 1.95. The predicted octanol–water partition coefficient (Wildman–Crippen LogP) is 0.929. The molecule has 0 N–H and O–H groups in total. The maximum absolute atomic E-state index is 2.64. The van der Waals surface area contributed by atoms with E-state index in [-0.39, 0.29) is 0 Å². The highest BCUT2D eigenvalue weighted by molar-refractivity contribution is 4.91. The van der Waals surface area contributed by atoms with Crippen LogP contribution in [0.25, 0.3) is 0 Å². The summed E-state index contributed by atoms with van der Waals surface area (Å²) in [5.41, 5.74) is 0. The van der Waals surface area contributed by atoms with Crippen molar-refractivity contribution < 1.29 is 0 Å². The Morgan fingerprint density at radius 2 is 0.917 bits per heavy atom. The summed E-state index contributed by atoms with van der Waals surface area (Å²) in [7, 11) is 0. The van der Waals surface area contributed by atoms with Crippen molar-refractivity contribution in [1.29, 1.82) is 0 Å². The Morgan fingerprint density at radius 1 is 0.583 bits per heavy atom. The van der Waals surface area contributed by atoms with Gasteiger partial charge in [0.15, 0.2) is 0 Å². The Kier molecular flexibility index (Phi) is 1.66. The van der Waals surface area contributed by atoms with Crippen LogP contribution in [0.4, 0.5) is 0 Å². The van der Waals surface area contributed by atoms with Crippen LogP contribution in [0.2, 0.25) is 0 Å². The molecule has 3 aliphatic rings. The van der Waals surface area contributed by atoms with Crippen molar-refractivity contribution in [1.82, 2.24) is 9.80 Å². The minimum Gasteiger partial charge on any atom is -0.298 e. The van der Waals surface area contributed by atoms with E-state index in [1.807, 2.05) is 0 Å². The maximum atomic E-state index is 2.64. The quantitative estimate of drug-likeness (QED) is 0.563. The summed E-state index contributed by atoms with van der Waals surface area (Å²) in [5, 5.41) is 0. The zero-order valence-electron chi connectivity index (χ0n) is 7.71. The van der Waals surface area contributed by atoms with E-state index in [4.69, 9.17) is 0 Å². The van der Waals surface area contributed by atoms with Crippen LogP contribution in [0.1, 0.15) is 25.7 Å². The molecule has 0 aromatic rings. The van der Waals surface area contributed by atoms with Crippen molar-refractivity contribution in [2.75, 3.05) is 26.2 Å². The molecule has 2 nitrogen and oxygen atoms in total. The first-order chi connectivity index (χ1) is 5.93. The molecule has 1 saturated carbocycles. The maximum Gasteiger partial charge on any atom is 0.0113 e. The van der Waals surface area contributed by atoms with E-state index in [9.17, 15) is 0 Å². The molecule has 0 radical (unpaired) electrons. The Balaban J connectivity index is 1.51. The Morgan fingerprint density at radius 3 is 1.17 bits per heavy atom. The van der Waals surface area contributed by atoms with Crippen molar-refractivity contribution in [3.63, 3.8) is 0 Å². The van der Waals surface area contributed by atoms with Crippen molar-refractivity contribution >= 4 is 0 Å². The monoisotopic (exact) mass is 166 g/mol. The lowest BCUT2D eigenvalue weighted by molar-refractivity contribution is 0.222. The zero-order valence-corrected chi connectivity index (χ0v) is 7.71. The van der Waals surface area contributed by atoms with Crippen LogP contribution >= 0.6 is 0 Å². The molecule has 2 saturated heterocycles. The number of rotatable bonds is 2. The molecule has 3 fully saturated rings. The fourth-order valence-corrected chi connectivity index (χ4v) is 2.63. The van der Waals surface area contributed by atoms with Crippen LogP contribution in [0, 0.1) is 0 Å². The van der Waals surface area contributed by atoms with Crippen LogP contribution < -0.4 is 0 Å². The molecule has 0 atom stereocenters. The van der Waals surface area contributed by atoms with Crippen molar-refractivity contribution in [2.45, 2.75) is 37.8 Å². The van der Waals surface area contributed by atoms with Gasteiger partial charge in [-0.1, -0.05) is 0 Å². The van der Waals surface area contributed by atoms with E-state index in [1.54, 1.807) is 0 Å². The molecular weight excluding hydrogens is 148 g/mol. The highest BCUT2D eigenvalue weighted by atomic mass is 15.3. The summed E-state index contributed by atoms with van der Waals surface area (Å²) < 4.78 is 0. The normalized spacial score (nSPS) is 43.0. The second kappa shape index (κ2) is 2.71. The van der Waals surface area contributed by atoms with E-state index in [0.29, 0.717) is 0 Å². The average Bonchev–Trinajstić information content (AvgIpc) is 2.98. The molecule has 2 heteroatoms. The Hall–Kier alpha value is -0.0800. The summed E-state index contributed by atoms with van der Waals surface area (Å²) in [6.45, 7) is 5.55. The first-order valence-electron chi connectivity index (χ1n) is 5.41. The third-order valence-corrected chi connectivity index (χ3v) is 3.66. The molecule has 12 heavy (non-hydrogen) atoms. The van der Waals surface area contributed by atoms with Gasteiger partial charge in [0.25, 0.3) is 0 Å². The van der Waals surface area contributed by atoms with E-state index < -0.39 is 0 Å². The summed E-state index contributed by atoms with van der Waals surface area (Å²) in [4.78, 5) is 5.27. The van der Waals surface area contributed by atoms with Crippen LogP contribution in [-0.2, 0) is 0 Å². The third kappa shape index (κ3) is 1.38. The standard InChI is InChI=1S/C10H18N2/c1-2-10(12-7-8-12)4-3-9(1)11-5-6-11/h9-10H,1-8H2. The van der Waals surface area contributed by atoms with Crippen LogP contribution in [0.15, 0.2) is 0 Å². The van der Waals surface area contributed by atoms with Crippen molar-refractivity contribution in [3.8, 4) is 0 Å². The minimum atomic E-state index is 0.973. The van der Waals surface area contributed by atoms with Crippen LogP contribution in [0.3, 0.4) is 0 Å². The van der Waals surface area contributed by atoms with Crippen molar-refractivity contribution in [3.05, 3.63) is 0 Å². The van der Waals surface area contributed by atoms with Gasteiger partial charge in [-0.25, -0.2) is 0 Å². The Bertz CT molecular complexity index is 145. The predicted molar refractivity (Wildman–Crippen MR) is 49.2 cm³/mol. The number of nitrogens with zero attached hydrogens (tertiary/aromatic N) is 2. The molecule has 2 aliphatic heterocycles. The fraction of sp³-hybridized carbons (Fsp3) is 1.00. The molecule has 0 aromatic carbocycles. The van der Waals surface area contributed by atoms with Gasteiger partial charge in [-0.15, -0.1) is 0 Å². The van der Waals surface area contributed by atoms with Crippen LogP contribution in [0.5, 0.6) is 0 Å². The van der Waals surface area contributed by atoms with E-state index in [2.05, 4.69) is 9.80 Å². The molecule has 3 rings (SSSR count). The fourth-order valence-electron chi connectivity index (χ4n) is 2.63. The minimum absolute atomic E-state index is 0.973. The first kappa shape index (κ1) is 7.34. The highest BCUT2D eigenvalue weighted by Gasteiger charge is 2.35. The highest BCUT2D eigenvalue weighted by Crippen LogP contribution is 2.31. The molecule has 0 bridgehead atoms. The summed E-state index contributed by atoms with van der Waals surface area (Å²) in [6.07, 6.45) is 5.89. The average molecular weight is 166 g/mol. The molecule has 0 amide bonds. The topological polar surface area (TPSA) is 6.02 Å². The SMILES string of the molecule is C1CC(N2CC2)CCC1N1CC1. The lowest BCUT2D eigenvalue weighted by Gasteiger charge is -2.29. The van der Waals surface area contributed by atoms with Gasteiger partial charge in [0.2, 0.25) is 0 Å².